The zero-order valence-electron chi connectivity index (χ0n) is 11.7. The van der Waals surface area contributed by atoms with Crippen LogP contribution in [0.15, 0.2) is 53.5 Å². The largest absolute Gasteiger partial charge is 0.497 e. The lowest BCUT2D eigenvalue weighted by Gasteiger charge is -2.04. The molecule has 0 radical (unpaired) electrons. The molecule has 2 aromatic carbocycles. The maximum Gasteiger partial charge on any atom is 0.200 e. The van der Waals surface area contributed by atoms with Crippen molar-refractivity contribution in [2.75, 3.05) is 7.11 Å². The molecule has 5 heteroatoms. The van der Waals surface area contributed by atoms with Gasteiger partial charge in [-0.05, 0) is 42.5 Å². The van der Waals surface area contributed by atoms with Gasteiger partial charge in [0.25, 0.3) is 0 Å². The Bertz CT molecular complexity index is 913. The number of ketones is 1. The molecular weight excluding hydrogens is 285 g/mol. The van der Waals surface area contributed by atoms with Gasteiger partial charge in [0, 0.05) is 22.7 Å². The Morgan fingerprint density at radius 2 is 1.86 bits per heavy atom. The molecule has 0 aliphatic heterocycles. The average Bonchev–Trinajstić information content (AvgIpc) is 2.55. The number of aromatic amines is 1. The van der Waals surface area contributed by atoms with E-state index in [1.54, 1.807) is 24.3 Å². The Labute approximate surface area is 125 Å². The second-order valence-electron chi connectivity index (χ2n) is 4.78. The molecule has 0 aliphatic rings. The van der Waals surface area contributed by atoms with Gasteiger partial charge in [-0.25, -0.2) is 4.39 Å². The molecule has 1 N–H and O–H groups in total. The number of carbonyl (C=O) groups excluding carboxylic acids is 1. The van der Waals surface area contributed by atoms with Gasteiger partial charge in [-0.2, -0.15) is 0 Å². The Balaban J connectivity index is 2.10. The number of halogens is 1. The average molecular weight is 297 g/mol. The smallest absolute Gasteiger partial charge is 0.200 e. The predicted molar refractivity (Wildman–Crippen MR) is 81.0 cm³/mol. The summed E-state index contributed by atoms with van der Waals surface area (Å²) in [6, 6.07) is 10.3. The molecule has 0 fully saturated rings. The number of benzene rings is 2. The van der Waals surface area contributed by atoms with Crippen molar-refractivity contribution < 1.29 is 13.9 Å². The van der Waals surface area contributed by atoms with Crippen LogP contribution >= 0.6 is 0 Å². The molecule has 0 aliphatic carbocycles. The number of H-pyrrole nitrogens is 1. The van der Waals surface area contributed by atoms with Crippen LogP contribution in [0.3, 0.4) is 0 Å². The first-order chi connectivity index (χ1) is 10.6. The van der Waals surface area contributed by atoms with Crippen LogP contribution in [0.5, 0.6) is 5.75 Å². The number of pyridine rings is 1. The zero-order chi connectivity index (χ0) is 15.7. The van der Waals surface area contributed by atoms with Gasteiger partial charge >= 0.3 is 0 Å². The molecule has 110 valence electrons. The molecular formula is C17H12FNO3. The third-order valence-corrected chi connectivity index (χ3v) is 3.44. The van der Waals surface area contributed by atoms with Crippen LogP contribution in [0.25, 0.3) is 10.9 Å². The van der Waals surface area contributed by atoms with Crippen molar-refractivity contribution in [1.82, 2.24) is 4.98 Å². The normalized spacial score (nSPS) is 10.6. The number of carbonyl (C=O) groups is 1. The maximum absolute atomic E-state index is 13.3. The third-order valence-electron chi connectivity index (χ3n) is 3.44. The lowest BCUT2D eigenvalue weighted by molar-refractivity contribution is 0.103. The van der Waals surface area contributed by atoms with Gasteiger partial charge in [0.1, 0.15) is 11.6 Å². The van der Waals surface area contributed by atoms with Crippen LogP contribution in [0.2, 0.25) is 0 Å². The van der Waals surface area contributed by atoms with E-state index >= 15 is 0 Å². The summed E-state index contributed by atoms with van der Waals surface area (Å²) in [7, 11) is 1.53. The zero-order valence-corrected chi connectivity index (χ0v) is 11.7. The van der Waals surface area contributed by atoms with Gasteiger partial charge in [-0.1, -0.05) is 0 Å². The minimum atomic E-state index is -0.521. The van der Waals surface area contributed by atoms with E-state index in [9.17, 15) is 14.0 Å². The summed E-state index contributed by atoms with van der Waals surface area (Å²) in [4.78, 5) is 27.7. The monoisotopic (exact) mass is 297 g/mol. The highest BCUT2D eigenvalue weighted by atomic mass is 19.1. The number of aromatic nitrogens is 1. The standard InChI is InChI=1S/C17H12FNO3/c1-22-12-5-2-10(3-6-12)16(20)14-9-19-15-7-4-11(18)8-13(15)17(14)21/h2-9H,1H3,(H,19,21). The Hall–Kier alpha value is -2.95. The molecule has 0 unspecified atom stereocenters. The van der Waals surface area contributed by atoms with E-state index in [1.807, 2.05) is 0 Å². The number of nitrogens with one attached hydrogen (secondary N) is 1. The predicted octanol–water partition coefficient (Wildman–Crippen LogP) is 2.91. The Morgan fingerprint density at radius 3 is 2.55 bits per heavy atom. The molecule has 0 saturated carbocycles. The number of hydrogen-bond acceptors (Lipinski definition) is 3. The van der Waals surface area contributed by atoms with E-state index in [1.165, 1.54) is 25.4 Å². The number of rotatable bonds is 3. The fraction of sp³-hybridized carbons (Fsp3) is 0.0588. The topological polar surface area (TPSA) is 59.2 Å². The van der Waals surface area contributed by atoms with Gasteiger partial charge in [-0.3, -0.25) is 9.59 Å². The highest BCUT2D eigenvalue weighted by molar-refractivity contribution is 6.10. The molecule has 0 spiro atoms. The van der Waals surface area contributed by atoms with Crippen molar-refractivity contribution in [2.24, 2.45) is 0 Å². The van der Waals surface area contributed by atoms with Crippen molar-refractivity contribution >= 4 is 16.7 Å². The van der Waals surface area contributed by atoms with Gasteiger partial charge < -0.3 is 9.72 Å². The van der Waals surface area contributed by atoms with Crippen LogP contribution in [0, 0.1) is 5.82 Å². The summed E-state index contributed by atoms with van der Waals surface area (Å²) in [5.74, 6) is -0.326. The lowest BCUT2D eigenvalue weighted by atomic mass is 10.0. The first-order valence-electron chi connectivity index (χ1n) is 6.60. The van der Waals surface area contributed by atoms with Crippen LogP contribution < -0.4 is 10.2 Å². The van der Waals surface area contributed by atoms with Crippen molar-refractivity contribution in [1.29, 1.82) is 0 Å². The summed E-state index contributed by atoms with van der Waals surface area (Å²) in [6.07, 6.45) is 1.36. The first-order valence-corrected chi connectivity index (χ1v) is 6.60. The number of ether oxygens (including phenoxy) is 1. The molecule has 1 aromatic heterocycles. The summed E-state index contributed by atoms with van der Waals surface area (Å²) in [6.45, 7) is 0. The number of hydrogen-bond donors (Lipinski definition) is 1. The van der Waals surface area contributed by atoms with E-state index in [-0.39, 0.29) is 10.9 Å². The Morgan fingerprint density at radius 1 is 1.14 bits per heavy atom. The van der Waals surface area contributed by atoms with Gasteiger partial charge in [0.05, 0.1) is 12.7 Å². The van der Waals surface area contributed by atoms with Gasteiger partial charge in [0.2, 0.25) is 5.43 Å². The fourth-order valence-corrected chi connectivity index (χ4v) is 2.26. The molecule has 0 saturated heterocycles. The van der Waals surface area contributed by atoms with Crippen LogP contribution in [0.1, 0.15) is 15.9 Å². The van der Waals surface area contributed by atoms with Gasteiger partial charge in [-0.15, -0.1) is 0 Å². The summed E-state index contributed by atoms with van der Waals surface area (Å²) in [5.41, 5.74) is 0.331. The molecule has 0 amide bonds. The number of fused-ring (bicyclic) bond motifs is 1. The third kappa shape index (κ3) is 2.37. The van der Waals surface area contributed by atoms with Crippen molar-refractivity contribution in [3.05, 3.63) is 75.8 Å². The SMILES string of the molecule is COc1ccc(C(=O)c2c[nH]c3ccc(F)cc3c2=O)cc1. The molecule has 3 rings (SSSR count). The maximum atomic E-state index is 13.3. The second kappa shape index (κ2) is 5.44. The summed E-state index contributed by atoms with van der Waals surface area (Å²) in [5, 5.41) is 0.152. The quantitative estimate of drug-likeness (QED) is 0.756. The number of methoxy groups -OCH3 is 1. The summed E-state index contributed by atoms with van der Waals surface area (Å²) < 4.78 is 18.3. The van der Waals surface area contributed by atoms with E-state index < -0.39 is 17.0 Å². The van der Waals surface area contributed by atoms with Crippen LogP contribution in [0.4, 0.5) is 4.39 Å². The fourth-order valence-electron chi connectivity index (χ4n) is 2.26. The molecule has 22 heavy (non-hydrogen) atoms. The molecule has 0 bridgehead atoms. The molecule has 3 aromatic rings. The van der Waals surface area contributed by atoms with E-state index in [0.717, 1.165) is 6.07 Å². The van der Waals surface area contributed by atoms with Crippen molar-refractivity contribution in [3.63, 3.8) is 0 Å². The molecule has 0 atom stereocenters. The second-order valence-corrected chi connectivity index (χ2v) is 4.78. The molecule has 4 nitrogen and oxygen atoms in total. The van der Waals surface area contributed by atoms with E-state index in [0.29, 0.717) is 16.8 Å². The van der Waals surface area contributed by atoms with Gasteiger partial charge in [0.15, 0.2) is 5.78 Å². The highest BCUT2D eigenvalue weighted by Gasteiger charge is 2.15. The van der Waals surface area contributed by atoms with Crippen molar-refractivity contribution in [3.8, 4) is 5.75 Å². The van der Waals surface area contributed by atoms with E-state index in [4.69, 9.17) is 4.74 Å². The first kappa shape index (κ1) is 14.0. The van der Waals surface area contributed by atoms with E-state index in [2.05, 4.69) is 4.98 Å². The highest BCUT2D eigenvalue weighted by Crippen LogP contribution is 2.15. The minimum Gasteiger partial charge on any atom is -0.497 e. The minimum absolute atomic E-state index is 0.0248. The van der Waals surface area contributed by atoms with Crippen LogP contribution in [-0.2, 0) is 0 Å². The summed E-state index contributed by atoms with van der Waals surface area (Å²) >= 11 is 0. The van der Waals surface area contributed by atoms with Crippen LogP contribution in [-0.4, -0.2) is 17.9 Å². The lowest BCUT2D eigenvalue weighted by Crippen LogP contribution is -2.16. The molecule has 1 heterocycles. The van der Waals surface area contributed by atoms with Crippen molar-refractivity contribution in [2.45, 2.75) is 0 Å². The Kier molecular flexibility index (Phi) is 3.47.